The van der Waals surface area contributed by atoms with E-state index in [1.165, 1.54) is 14.0 Å². The number of nitrogens with zero attached hydrogens (tertiary/aromatic N) is 1. The van der Waals surface area contributed by atoms with Crippen LogP contribution in [0.5, 0.6) is 0 Å². The highest BCUT2D eigenvalue weighted by atomic mass is 16.5. The van der Waals surface area contributed by atoms with E-state index in [0.29, 0.717) is 25.9 Å². The van der Waals surface area contributed by atoms with Crippen molar-refractivity contribution >= 4 is 17.8 Å². The van der Waals surface area contributed by atoms with E-state index in [0.717, 1.165) is 32.1 Å². The van der Waals surface area contributed by atoms with Crippen molar-refractivity contribution < 1.29 is 19.1 Å². The van der Waals surface area contributed by atoms with Crippen LogP contribution in [0.15, 0.2) is 0 Å². The van der Waals surface area contributed by atoms with Gasteiger partial charge in [0.2, 0.25) is 11.8 Å². The fourth-order valence-electron chi connectivity index (χ4n) is 2.60. The number of amides is 2. The Balaban J connectivity index is 2.29. The first-order chi connectivity index (χ1) is 10.1. The SMILES string of the molecule is COC(=O)[C@H]1CCCCN1C(=O)CCCCCNC(C)=O. The van der Waals surface area contributed by atoms with Crippen LogP contribution in [0.2, 0.25) is 0 Å². The van der Waals surface area contributed by atoms with Crippen molar-refractivity contribution in [2.24, 2.45) is 0 Å². The van der Waals surface area contributed by atoms with Crippen LogP contribution >= 0.6 is 0 Å². The van der Waals surface area contributed by atoms with Gasteiger partial charge in [0, 0.05) is 26.4 Å². The molecule has 0 unspecified atom stereocenters. The fourth-order valence-corrected chi connectivity index (χ4v) is 2.60. The third-order valence-electron chi connectivity index (χ3n) is 3.74. The van der Waals surface area contributed by atoms with Crippen LogP contribution < -0.4 is 5.32 Å². The highest BCUT2D eigenvalue weighted by Gasteiger charge is 2.32. The van der Waals surface area contributed by atoms with Gasteiger partial charge in [0.1, 0.15) is 6.04 Å². The number of methoxy groups -OCH3 is 1. The van der Waals surface area contributed by atoms with Gasteiger partial charge in [-0.15, -0.1) is 0 Å². The van der Waals surface area contributed by atoms with Crippen molar-refractivity contribution in [2.45, 2.75) is 57.9 Å². The van der Waals surface area contributed by atoms with Gasteiger partial charge in [-0.25, -0.2) is 4.79 Å². The summed E-state index contributed by atoms with van der Waals surface area (Å²) in [5, 5.41) is 2.73. The number of piperidine rings is 1. The van der Waals surface area contributed by atoms with E-state index in [-0.39, 0.29) is 17.8 Å². The predicted molar refractivity (Wildman–Crippen MR) is 78.5 cm³/mol. The molecule has 0 aliphatic carbocycles. The van der Waals surface area contributed by atoms with E-state index in [2.05, 4.69) is 5.32 Å². The summed E-state index contributed by atoms with van der Waals surface area (Å²) in [6.45, 7) is 2.79. The monoisotopic (exact) mass is 298 g/mol. The maximum Gasteiger partial charge on any atom is 0.328 e. The Morgan fingerprint density at radius 1 is 1.19 bits per heavy atom. The third kappa shape index (κ3) is 6.14. The molecular formula is C15H26N2O4. The molecule has 1 aliphatic heterocycles. The third-order valence-corrected chi connectivity index (χ3v) is 3.74. The number of ether oxygens (including phenoxy) is 1. The topological polar surface area (TPSA) is 75.7 Å². The number of rotatable bonds is 7. The highest BCUT2D eigenvalue weighted by Crippen LogP contribution is 2.19. The van der Waals surface area contributed by atoms with Crippen LogP contribution in [-0.2, 0) is 19.1 Å². The van der Waals surface area contributed by atoms with Crippen LogP contribution in [0.3, 0.4) is 0 Å². The maximum atomic E-state index is 12.2. The second-order valence-electron chi connectivity index (χ2n) is 5.42. The van der Waals surface area contributed by atoms with Gasteiger partial charge in [-0.05, 0) is 32.1 Å². The van der Waals surface area contributed by atoms with Crippen molar-refractivity contribution in [3.05, 3.63) is 0 Å². The zero-order valence-electron chi connectivity index (χ0n) is 13.0. The molecular weight excluding hydrogens is 272 g/mol. The van der Waals surface area contributed by atoms with Gasteiger partial charge >= 0.3 is 5.97 Å². The molecule has 0 aromatic heterocycles. The number of hydrogen-bond acceptors (Lipinski definition) is 4. The molecule has 1 aliphatic rings. The van der Waals surface area contributed by atoms with Crippen LogP contribution in [0.1, 0.15) is 51.9 Å². The minimum absolute atomic E-state index is 0.0275. The van der Waals surface area contributed by atoms with Crippen LogP contribution in [0, 0.1) is 0 Å². The summed E-state index contributed by atoms with van der Waals surface area (Å²) < 4.78 is 4.78. The number of carbonyl (C=O) groups excluding carboxylic acids is 3. The molecule has 6 heteroatoms. The smallest absolute Gasteiger partial charge is 0.328 e. The van der Waals surface area contributed by atoms with Crippen LogP contribution in [0.25, 0.3) is 0 Å². The lowest BCUT2D eigenvalue weighted by atomic mass is 10.0. The lowest BCUT2D eigenvalue weighted by Crippen LogP contribution is -2.48. The fraction of sp³-hybridized carbons (Fsp3) is 0.800. The molecule has 1 N–H and O–H groups in total. The molecule has 0 aromatic rings. The number of unbranched alkanes of at least 4 members (excludes halogenated alkanes) is 2. The summed E-state index contributed by atoms with van der Waals surface area (Å²) >= 11 is 0. The van der Waals surface area contributed by atoms with E-state index in [4.69, 9.17) is 4.74 Å². The van der Waals surface area contributed by atoms with Crippen LogP contribution in [0.4, 0.5) is 0 Å². The van der Waals surface area contributed by atoms with Crippen LogP contribution in [-0.4, -0.2) is 48.9 Å². The van der Waals surface area contributed by atoms with Gasteiger partial charge in [-0.3, -0.25) is 9.59 Å². The molecule has 6 nitrogen and oxygen atoms in total. The molecule has 0 saturated carbocycles. The average molecular weight is 298 g/mol. The molecule has 0 aromatic carbocycles. The van der Waals surface area contributed by atoms with E-state index in [1.54, 1.807) is 4.90 Å². The van der Waals surface area contributed by atoms with Crippen molar-refractivity contribution in [2.75, 3.05) is 20.2 Å². The predicted octanol–water partition coefficient (Wildman–Crippen LogP) is 1.24. The number of nitrogens with one attached hydrogen (secondary N) is 1. The Kier molecular flexibility index (Phi) is 7.79. The van der Waals surface area contributed by atoms with Crippen molar-refractivity contribution in [1.82, 2.24) is 10.2 Å². The van der Waals surface area contributed by atoms with Gasteiger partial charge in [0.15, 0.2) is 0 Å². The second-order valence-corrected chi connectivity index (χ2v) is 5.42. The Bertz CT molecular complexity index is 371. The molecule has 1 saturated heterocycles. The van der Waals surface area contributed by atoms with E-state index < -0.39 is 6.04 Å². The second kappa shape index (κ2) is 9.37. The summed E-state index contributed by atoms with van der Waals surface area (Å²) in [7, 11) is 1.36. The van der Waals surface area contributed by atoms with E-state index in [9.17, 15) is 14.4 Å². The van der Waals surface area contributed by atoms with E-state index >= 15 is 0 Å². The standard InChI is InChI=1S/C15H26N2O4/c1-12(18)16-10-6-3-4-9-14(19)17-11-7-5-8-13(17)15(20)21-2/h13H,3-11H2,1-2H3,(H,16,18)/t13-/m1/s1. The van der Waals surface area contributed by atoms with Crippen molar-refractivity contribution in [3.8, 4) is 0 Å². The molecule has 0 radical (unpaired) electrons. The molecule has 21 heavy (non-hydrogen) atoms. The molecule has 1 atom stereocenters. The summed E-state index contributed by atoms with van der Waals surface area (Å²) in [5.74, 6) is -0.307. The first-order valence-electron chi connectivity index (χ1n) is 7.68. The number of likely N-dealkylation sites (tertiary alicyclic amines) is 1. The van der Waals surface area contributed by atoms with Crippen molar-refractivity contribution in [3.63, 3.8) is 0 Å². The average Bonchev–Trinajstić information content (AvgIpc) is 2.49. The number of hydrogen-bond donors (Lipinski definition) is 1. The van der Waals surface area contributed by atoms with Gasteiger partial charge in [-0.1, -0.05) is 6.42 Å². The van der Waals surface area contributed by atoms with E-state index in [1.807, 2.05) is 0 Å². The lowest BCUT2D eigenvalue weighted by molar-refractivity contribution is -0.154. The maximum absolute atomic E-state index is 12.2. The first kappa shape index (κ1) is 17.5. The molecule has 0 bridgehead atoms. The quantitative estimate of drug-likeness (QED) is 0.567. The molecule has 120 valence electrons. The number of esters is 1. The lowest BCUT2D eigenvalue weighted by Gasteiger charge is -2.33. The summed E-state index contributed by atoms with van der Waals surface area (Å²) in [5.41, 5.74) is 0. The highest BCUT2D eigenvalue weighted by molar-refractivity contribution is 5.84. The van der Waals surface area contributed by atoms with Gasteiger partial charge in [0.05, 0.1) is 7.11 Å². The minimum atomic E-state index is -0.407. The minimum Gasteiger partial charge on any atom is -0.467 e. The summed E-state index contributed by atoms with van der Waals surface area (Å²) in [6.07, 6.45) is 5.59. The molecule has 2 amide bonds. The van der Waals surface area contributed by atoms with Gasteiger partial charge in [-0.2, -0.15) is 0 Å². The molecule has 1 fully saturated rings. The van der Waals surface area contributed by atoms with Gasteiger partial charge < -0.3 is 15.0 Å². The number of carbonyl (C=O) groups is 3. The Hall–Kier alpha value is -1.59. The summed E-state index contributed by atoms with van der Waals surface area (Å²) in [6, 6.07) is -0.407. The first-order valence-corrected chi connectivity index (χ1v) is 7.68. The van der Waals surface area contributed by atoms with Gasteiger partial charge in [0.25, 0.3) is 0 Å². The molecule has 1 heterocycles. The Labute approximate surface area is 126 Å². The zero-order chi connectivity index (χ0) is 15.7. The zero-order valence-corrected chi connectivity index (χ0v) is 13.0. The van der Waals surface area contributed by atoms with Crippen molar-refractivity contribution in [1.29, 1.82) is 0 Å². The largest absolute Gasteiger partial charge is 0.467 e. The Morgan fingerprint density at radius 2 is 1.95 bits per heavy atom. The Morgan fingerprint density at radius 3 is 2.62 bits per heavy atom. The normalized spacial score (nSPS) is 18.2. The molecule has 1 rings (SSSR count). The summed E-state index contributed by atoms with van der Waals surface area (Å²) in [4.78, 5) is 36.3. The molecule has 0 spiro atoms.